The number of amides is 2. The molecule has 2 amide bonds. The molecule has 1 aromatic carbocycles. The van der Waals surface area contributed by atoms with Gasteiger partial charge in [-0.2, -0.15) is 0 Å². The molecule has 0 radical (unpaired) electrons. The predicted octanol–water partition coefficient (Wildman–Crippen LogP) is 1.70. The molecule has 2 aromatic rings. The summed E-state index contributed by atoms with van der Waals surface area (Å²) in [6.45, 7) is 6.43. The second-order valence-electron chi connectivity index (χ2n) is 6.97. The van der Waals surface area contributed by atoms with Gasteiger partial charge in [0.2, 0.25) is 11.8 Å². The van der Waals surface area contributed by atoms with Crippen LogP contribution in [0.5, 0.6) is 0 Å². The third kappa shape index (κ3) is 3.75. The zero-order valence-electron chi connectivity index (χ0n) is 15.8. The molecule has 0 bridgehead atoms. The van der Waals surface area contributed by atoms with Crippen molar-refractivity contribution in [1.82, 2.24) is 19.7 Å². The van der Waals surface area contributed by atoms with Crippen LogP contribution in [0.25, 0.3) is 10.9 Å². The van der Waals surface area contributed by atoms with Gasteiger partial charge in [0.25, 0.3) is 0 Å². The summed E-state index contributed by atoms with van der Waals surface area (Å²) in [7, 11) is 1.96. The molecule has 1 N–H and O–H groups in total. The van der Waals surface area contributed by atoms with Gasteiger partial charge in [-0.05, 0) is 44.8 Å². The fourth-order valence-corrected chi connectivity index (χ4v) is 3.85. The second-order valence-corrected chi connectivity index (χ2v) is 6.97. The van der Waals surface area contributed by atoms with E-state index in [1.54, 1.807) is 0 Å². The van der Waals surface area contributed by atoms with Crippen LogP contribution in [-0.4, -0.2) is 64.9 Å². The minimum atomic E-state index is -0.146. The molecule has 1 fully saturated rings. The van der Waals surface area contributed by atoms with Gasteiger partial charge in [0.05, 0.1) is 6.04 Å². The van der Waals surface area contributed by atoms with Crippen LogP contribution in [0.1, 0.15) is 20.3 Å². The first-order chi connectivity index (χ1) is 12.5. The van der Waals surface area contributed by atoms with Crippen LogP contribution < -0.4 is 5.32 Å². The number of hydrogen-bond donors (Lipinski definition) is 1. The van der Waals surface area contributed by atoms with Crippen molar-refractivity contribution in [3.05, 3.63) is 36.5 Å². The lowest BCUT2D eigenvalue weighted by molar-refractivity contribution is -0.135. The standard InChI is InChI=1S/C20H28N4O2/c1-4-23(5-2)20(26)18-12-16(13-22(18)3)21-19(25)14-24-11-10-15-8-6-7-9-17(15)24/h6-11,16,18H,4-5,12-14H2,1-3H3,(H,21,25). The number of rotatable bonds is 6. The molecule has 1 aromatic heterocycles. The van der Waals surface area contributed by atoms with Gasteiger partial charge in [-0.3, -0.25) is 14.5 Å². The number of aromatic nitrogens is 1. The fourth-order valence-electron chi connectivity index (χ4n) is 3.85. The SMILES string of the molecule is CCN(CC)C(=O)C1CC(NC(=O)Cn2ccc3ccccc32)CN1C. The third-order valence-electron chi connectivity index (χ3n) is 5.27. The molecule has 2 heterocycles. The smallest absolute Gasteiger partial charge is 0.240 e. The van der Waals surface area contributed by atoms with Gasteiger partial charge in [0.1, 0.15) is 6.54 Å². The van der Waals surface area contributed by atoms with Gasteiger partial charge < -0.3 is 14.8 Å². The van der Waals surface area contributed by atoms with Crippen LogP contribution >= 0.6 is 0 Å². The summed E-state index contributed by atoms with van der Waals surface area (Å²) in [5.74, 6) is 0.145. The van der Waals surface area contributed by atoms with Gasteiger partial charge in [-0.1, -0.05) is 18.2 Å². The summed E-state index contributed by atoms with van der Waals surface area (Å²) in [4.78, 5) is 29.0. The number of likely N-dealkylation sites (tertiary alicyclic amines) is 1. The third-order valence-corrected chi connectivity index (χ3v) is 5.27. The second kappa shape index (κ2) is 7.91. The number of benzene rings is 1. The van der Waals surface area contributed by atoms with Crippen molar-refractivity contribution >= 4 is 22.7 Å². The lowest BCUT2D eigenvalue weighted by atomic mass is 10.1. The summed E-state index contributed by atoms with van der Waals surface area (Å²) in [6, 6.07) is 9.92. The first-order valence-corrected chi connectivity index (χ1v) is 9.35. The van der Waals surface area contributed by atoms with Crippen LogP contribution in [0, 0.1) is 0 Å². The van der Waals surface area contributed by atoms with E-state index >= 15 is 0 Å². The van der Waals surface area contributed by atoms with E-state index in [2.05, 4.69) is 10.2 Å². The molecule has 1 saturated heterocycles. The zero-order chi connectivity index (χ0) is 18.7. The van der Waals surface area contributed by atoms with Crippen molar-refractivity contribution in [2.24, 2.45) is 0 Å². The summed E-state index contributed by atoms with van der Waals surface area (Å²) in [5, 5.41) is 4.23. The van der Waals surface area contributed by atoms with Crippen LogP contribution in [0.15, 0.2) is 36.5 Å². The van der Waals surface area contributed by atoms with Gasteiger partial charge in [-0.25, -0.2) is 0 Å². The monoisotopic (exact) mass is 356 g/mol. The van der Waals surface area contributed by atoms with Crippen molar-refractivity contribution < 1.29 is 9.59 Å². The molecule has 0 aliphatic carbocycles. The van der Waals surface area contributed by atoms with Crippen LogP contribution in [0.4, 0.5) is 0 Å². The summed E-state index contributed by atoms with van der Waals surface area (Å²) in [5.41, 5.74) is 1.06. The number of nitrogens with one attached hydrogen (secondary N) is 1. The van der Waals surface area contributed by atoms with Crippen molar-refractivity contribution in [2.75, 3.05) is 26.7 Å². The molecule has 6 nitrogen and oxygen atoms in total. The largest absolute Gasteiger partial charge is 0.350 e. The number of fused-ring (bicyclic) bond motifs is 1. The maximum Gasteiger partial charge on any atom is 0.240 e. The Morgan fingerprint density at radius 2 is 1.92 bits per heavy atom. The molecule has 1 aliphatic rings. The minimum absolute atomic E-state index is 0.0128. The van der Waals surface area contributed by atoms with Gasteiger partial charge in [0, 0.05) is 37.4 Å². The van der Waals surface area contributed by atoms with Crippen LogP contribution in [0.3, 0.4) is 0 Å². The maximum absolute atomic E-state index is 12.6. The molecule has 26 heavy (non-hydrogen) atoms. The topological polar surface area (TPSA) is 57.6 Å². The van der Waals surface area contributed by atoms with E-state index in [0.29, 0.717) is 19.5 Å². The van der Waals surface area contributed by atoms with Crippen molar-refractivity contribution in [2.45, 2.75) is 38.9 Å². The first kappa shape index (κ1) is 18.5. The summed E-state index contributed by atoms with van der Waals surface area (Å²) < 4.78 is 1.96. The Labute approximate surface area is 154 Å². The van der Waals surface area contributed by atoms with Crippen LogP contribution in [0.2, 0.25) is 0 Å². The highest BCUT2D eigenvalue weighted by Crippen LogP contribution is 2.19. The predicted molar refractivity (Wildman–Crippen MR) is 103 cm³/mol. The highest BCUT2D eigenvalue weighted by atomic mass is 16.2. The van der Waals surface area contributed by atoms with E-state index < -0.39 is 0 Å². The molecular weight excluding hydrogens is 328 g/mol. The van der Waals surface area contributed by atoms with Crippen molar-refractivity contribution in [1.29, 1.82) is 0 Å². The number of likely N-dealkylation sites (N-methyl/N-ethyl adjacent to an activating group) is 2. The number of hydrogen-bond acceptors (Lipinski definition) is 3. The Bertz CT molecular complexity index is 781. The average molecular weight is 356 g/mol. The minimum Gasteiger partial charge on any atom is -0.350 e. The summed E-state index contributed by atoms with van der Waals surface area (Å²) >= 11 is 0. The Morgan fingerprint density at radius 1 is 1.19 bits per heavy atom. The number of carbonyl (C=O) groups excluding carboxylic acids is 2. The Hall–Kier alpha value is -2.34. The Morgan fingerprint density at radius 3 is 2.65 bits per heavy atom. The Balaban J connectivity index is 1.59. The lowest BCUT2D eigenvalue weighted by Crippen LogP contribution is -2.44. The first-order valence-electron chi connectivity index (χ1n) is 9.35. The van der Waals surface area contributed by atoms with E-state index in [4.69, 9.17) is 0 Å². The van der Waals surface area contributed by atoms with Crippen molar-refractivity contribution in [3.63, 3.8) is 0 Å². The molecule has 3 rings (SSSR count). The molecule has 140 valence electrons. The molecular formula is C20H28N4O2. The molecule has 0 spiro atoms. The van der Waals surface area contributed by atoms with Crippen molar-refractivity contribution in [3.8, 4) is 0 Å². The lowest BCUT2D eigenvalue weighted by Gasteiger charge is -2.26. The van der Waals surface area contributed by atoms with E-state index in [0.717, 1.165) is 24.0 Å². The van der Waals surface area contributed by atoms with E-state index in [1.165, 1.54) is 0 Å². The van der Waals surface area contributed by atoms with E-state index in [9.17, 15) is 9.59 Å². The van der Waals surface area contributed by atoms with Gasteiger partial charge >= 0.3 is 0 Å². The normalized spacial score (nSPS) is 20.4. The number of carbonyl (C=O) groups is 2. The molecule has 2 atom stereocenters. The average Bonchev–Trinajstić information content (AvgIpc) is 3.19. The molecule has 2 unspecified atom stereocenters. The zero-order valence-corrected chi connectivity index (χ0v) is 15.8. The molecule has 0 saturated carbocycles. The van der Waals surface area contributed by atoms with E-state index in [1.807, 2.05) is 66.9 Å². The van der Waals surface area contributed by atoms with Crippen LogP contribution in [-0.2, 0) is 16.1 Å². The highest BCUT2D eigenvalue weighted by Gasteiger charge is 2.36. The molecule has 1 aliphatic heterocycles. The quantitative estimate of drug-likeness (QED) is 0.857. The summed E-state index contributed by atoms with van der Waals surface area (Å²) in [6.07, 6.45) is 2.61. The van der Waals surface area contributed by atoms with Gasteiger partial charge in [0.15, 0.2) is 0 Å². The Kier molecular flexibility index (Phi) is 5.61. The molecule has 6 heteroatoms. The highest BCUT2D eigenvalue weighted by molar-refractivity contribution is 5.84. The van der Waals surface area contributed by atoms with E-state index in [-0.39, 0.29) is 23.9 Å². The van der Waals surface area contributed by atoms with Gasteiger partial charge in [-0.15, -0.1) is 0 Å². The maximum atomic E-state index is 12.6. The number of nitrogens with zero attached hydrogens (tertiary/aromatic N) is 3. The number of para-hydroxylation sites is 1. The fraction of sp³-hybridized carbons (Fsp3) is 0.500.